The molecule has 1 heterocycles. The first-order chi connectivity index (χ1) is 11.1. The molecule has 0 bridgehead atoms. The van der Waals surface area contributed by atoms with Crippen molar-refractivity contribution in [2.24, 2.45) is 5.10 Å². The van der Waals surface area contributed by atoms with E-state index in [2.05, 4.69) is 15.5 Å². The number of benzene rings is 2. The number of aromatic hydroxyl groups is 1. The zero-order chi connectivity index (χ0) is 16.4. The maximum Gasteiger partial charge on any atom is 0.258 e. The lowest BCUT2D eigenvalue weighted by molar-refractivity contribution is 0.452. The number of hydrogen-bond acceptors (Lipinski definition) is 4. The van der Waals surface area contributed by atoms with Gasteiger partial charge in [-0.15, -0.1) is 0 Å². The Kier molecular flexibility index (Phi) is 3.85. The van der Waals surface area contributed by atoms with Gasteiger partial charge in [0.05, 0.1) is 17.5 Å². The summed E-state index contributed by atoms with van der Waals surface area (Å²) in [5.41, 5.74) is 6.22. The fourth-order valence-corrected chi connectivity index (χ4v) is 2.44. The average molecular weight is 307 g/mol. The fourth-order valence-electron chi connectivity index (χ4n) is 2.44. The molecule has 0 saturated heterocycles. The van der Waals surface area contributed by atoms with E-state index in [4.69, 9.17) is 0 Å². The SMILES string of the molecule is Cc1ccc(C)c(N/N=C/c2c(O)[nH]c(=O)c3ccccc23)c1. The Balaban J connectivity index is 1.98. The molecule has 5 nitrogen and oxygen atoms in total. The molecule has 3 aromatic rings. The molecule has 1 aromatic heterocycles. The first kappa shape index (κ1) is 14.8. The number of nitrogens with one attached hydrogen (secondary N) is 2. The van der Waals surface area contributed by atoms with E-state index >= 15 is 0 Å². The summed E-state index contributed by atoms with van der Waals surface area (Å²) in [6, 6.07) is 13.1. The minimum atomic E-state index is -0.322. The summed E-state index contributed by atoms with van der Waals surface area (Å²) in [4.78, 5) is 14.3. The Morgan fingerprint density at radius 3 is 2.65 bits per heavy atom. The number of hydrazone groups is 1. The molecule has 0 spiro atoms. The average Bonchev–Trinajstić information content (AvgIpc) is 2.53. The monoisotopic (exact) mass is 307 g/mol. The van der Waals surface area contributed by atoms with Gasteiger partial charge in [0.15, 0.2) is 0 Å². The van der Waals surface area contributed by atoms with E-state index in [9.17, 15) is 9.90 Å². The van der Waals surface area contributed by atoms with Crippen molar-refractivity contribution in [2.45, 2.75) is 13.8 Å². The molecule has 0 fully saturated rings. The molecule has 2 aromatic carbocycles. The van der Waals surface area contributed by atoms with E-state index in [0.29, 0.717) is 16.3 Å². The van der Waals surface area contributed by atoms with Crippen molar-refractivity contribution in [1.29, 1.82) is 0 Å². The van der Waals surface area contributed by atoms with Crippen LogP contribution in [-0.4, -0.2) is 16.3 Å². The molecule has 3 rings (SSSR count). The Morgan fingerprint density at radius 2 is 1.87 bits per heavy atom. The van der Waals surface area contributed by atoms with Crippen molar-refractivity contribution in [2.75, 3.05) is 5.43 Å². The minimum Gasteiger partial charge on any atom is -0.494 e. The Morgan fingerprint density at radius 1 is 1.13 bits per heavy atom. The van der Waals surface area contributed by atoms with Crippen molar-refractivity contribution in [3.05, 3.63) is 69.5 Å². The minimum absolute atomic E-state index is 0.194. The Hall–Kier alpha value is -3.08. The van der Waals surface area contributed by atoms with Gasteiger partial charge >= 0.3 is 0 Å². The second-order valence-corrected chi connectivity index (χ2v) is 5.45. The molecule has 23 heavy (non-hydrogen) atoms. The summed E-state index contributed by atoms with van der Waals surface area (Å²) in [7, 11) is 0. The van der Waals surface area contributed by atoms with E-state index in [1.807, 2.05) is 38.1 Å². The van der Waals surface area contributed by atoms with Gasteiger partial charge in [-0.25, -0.2) is 0 Å². The van der Waals surface area contributed by atoms with Crippen LogP contribution in [0.2, 0.25) is 0 Å². The number of aromatic amines is 1. The lowest BCUT2D eigenvalue weighted by Crippen LogP contribution is -2.08. The van der Waals surface area contributed by atoms with Crippen LogP contribution in [0.25, 0.3) is 10.8 Å². The van der Waals surface area contributed by atoms with Gasteiger partial charge in [-0.05, 0) is 37.1 Å². The summed E-state index contributed by atoms with van der Waals surface area (Å²) < 4.78 is 0. The molecule has 5 heteroatoms. The summed E-state index contributed by atoms with van der Waals surface area (Å²) in [5, 5.41) is 15.4. The second kappa shape index (κ2) is 5.96. The van der Waals surface area contributed by atoms with Crippen LogP contribution in [0.15, 0.2) is 52.4 Å². The molecule has 0 aliphatic rings. The molecule has 116 valence electrons. The van der Waals surface area contributed by atoms with Gasteiger partial charge in [0.2, 0.25) is 5.88 Å². The maximum absolute atomic E-state index is 11.9. The highest BCUT2D eigenvalue weighted by atomic mass is 16.3. The van der Waals surface area contributed by atoms with Crippen molar-refractivity contribution in [3.63, 3.8) is 0 Å². The smallest absolute Gasteiger partial charge is 0.258 e. The van der Waals surface area contributed by atoms with Crippen LogP contribution in [0.1, 0.15) is 16.7 Å². The highest BCUT2D eigenvalue weighted by molar-refractivity contribution is 6.01. The van der Waals surface area contributed by atoms with E-state index in [-0.39, 0.29) is 11.4 Å². The Labute approximate surface area is 133 Å². The number of hydrogen-bond donors (Lipinski definition) is 3. The maximum atomic E-state index is 11.9. The van der Waals surface area contributed by atoms with E-state index < -0.39 is 0 Å². The van der Waals surface area contributed by atoms with E-state index in [1.165, 1.54) is 6.21 Å². The van der Waals surface area contributed by atoms with Crippen LogP contribution in [0.5, 0.6) is 5.88 Å². The molecule has 0 atom stereocenters. The third kappa shape index (κ3) is 2.94. The lowest BCUT2D eigenvalue weighted by atomic mass is 10.1. The van der Waals surface area contributed by atoms with Crippen LogP contribution < -0.4 is 11.0 Å². The molecular weight excluding hydrogens is 290 g/mol. The molecule has 0 amide bonds. The standard InChI is InChI=1S/C18H17N3O2/c1-11-7-8-12(2)16(9-11)21-19-10-15-13-5-3-4-6-14(13)17(22)20-18(15)23/h3-10,21H,1-2H3,(H2,20,22,23)/b19-10+. The number of H-pyrrole nitrogens is 1. The van der Waals surface area contributed by atoms with Crippen LogP contribution in [0, 0.1) is 13.8 Å². The number of aromatic nitrogens is 1. The number of nitrogens with zero attached hydrogens (tertiary/aromatic N) is 1. The largest absolute Gasteiger partial charge is 0.494 e. The van der Waals surface area contributed by atoms with Crippen LogP contribution in [-0.2, 0) is 0 Å². The summed E-state index contributed by atoms with van der Waals surface area (Å²) in [5.74, 6) is -0.194. The predicted molar refractivity (Wildman–Crippen MR) is 93.4 cm³/mol. The molecule has 0 aliphatic heterocycles. The predicted octanol–water partition coefficient (Wildman–Crippen LogP) is 3.30. The zero-order valence-corrected chi connectivity index (χ0v) is 12.9. The molecule has 0 aliphatic carbocycles. The fraction of sp³-hybridized carbons (Fsp3) is 0.111. The van der Waals surface area contributed by atoms with Crippen molar-refractivity contribution in [3.8, 4) is 5.88 Å². The summed E-state index contributed by atoms with van der Waals surface area (Å²) in [6.45, 7) is 4.00. The van der Waals surface area contributed by atoms with Gasteiger partial charge < -0.3 is 5.11 Å². The first-order valence-corrected chi connectivity index (χ1v) is 7.26. The first-order valence-electron chi connectivity index (χ1n) is 7.26. The van der Waals surface area contributed by atoms with E-state index in [1.54, 1.807) is 18.2 Å². The number of aryl methyl sites for hydroxylation is 2. The number of fused-ring (bicyclic) bond motifs is 1. The zero-order valence-electron chi connectivity index (χ0n) is 12.9. The highest BCUT2D eigenvalue weighted by Crippen LogP contribution is 2.21. The molecular formula is C18H17N3O2. The van der Waals surface area contributed by atoms with Gasteiger partial charge in [-0.3, -0.25) is 15.2 Å². The summed E-state index contributed by atoms with van der Waals surface area (Å²) >= 11 is 0. The van der Waals surface area contributed by atoms with Gasteiger partial charge in [0.1, 0.15) is 0 Å². The number of pyridine rings is 1. The quantitative estimate of drug-likeness (QED) is 0.513. The second-order valence-electron chi connectivity index (χ2n) is 5.45. The third-order valence-electron chi connectivity index (χ3n) is 3.72. The third-order valence-corrected chi connectivity index (χ3v) is 3.72. The highest BCUT2D eigenvalue weighted by Gasteiger charge is 2.08. The van der Waals surface area contributed by atoms with Crippen LogP contribution in [0.3, 0.4) is 0 Å². The van der Waals surface area contributed by atoms with Gasteiger partial charge in [0.25, 0.3) is 5.56 Å². The van der Waals surface area contributed by atoms with Gasteiger partial charge in [-0.2, -0.15) is 5.10 Å². The number of rotatable bonds is 3. The van der Waals surface area contributed by atoms with E-state index in [0.717, 1.165) is 16.8 Å². The normalized spacial score (nSPS) is 11.2. The van der Waals surface area contributed by atoms with Crippen molar-refractivity contribution >= 4 is 22.7 Å². The van der Waals surface area contributed by atoms with Crippen LogP contribution >= 0.6 is 0 Å². The lowest BCUT2D eigenvalue weighted by Gasteiger charge is -2.07. The van der Waals surface area contributed by atoms with Crippen molar-refractivity contribution in [1.82, 2.24) is 4.98 Å². The Bertz CT molecular complexity index is 958. The molecule has 0 saturated carbocycles. The molecule has 3 N–H and O–H groups in total. The van der Waals surface area contributed by atoms with Gasteiger partial charge in [0, 0.05) is 10.8 Å². The summed E-state index contributed by atoms with van der Waals surface area (Å²) in [6.07, 6.45) is 1.51. The number of anilines is 1. The van der Waals surface area contributed by atoms with Crippen molar-refractivity contribution < 1.29 is 5.11 Å². The van der Waals surface area contributed by atoms with Gasteiger partial charge in [-0.1, -0.05) is 30.3 Å². The topological polar surface area (TPSA) is 77.5 Å². The molecule has 0 radical (unpaired) electrons. The molecule has 0 unspecified atom stereocenters. The van der Waals surface area contributed by atoms with Crippen LogP contribution in [0.4, 0.5) is 5.69 Å².